The first-order chi connectivity index (χ1) is 5.45. The molecule has 1 aliphatic heterocycles. The lowest BCUT2D eigenvalue weighted by Gasteiger charge is -2.26. The molecule has 4 heteroatoms. The maximum atomic E-state index is 5.57. The van der Waals surface area contributed by atoms with Crippen LogP contribution >= 0.6 is 23.7 Å². The summed E-state index contributed by atoms with van der Waals surface area (Å²) in [5.74, 6) is 0. The summed E-state index contributed by atoms with van der Waals surface area (Å²) < 4.78 is 5.57. The number of halogens is 1. The molecule has 1 aromatic rings. The Morgan fingerprint density at radius 2 is 2.42 bits per heavy atom. The lowest BCUT2D eigenvalue weighted by molar-refractivity contribution is 0.00888. The van der Waals surface area contributed by atoms with Crippen LogP contribution in [0.3, 0.4) is 0 Å². The standard InChI is InChI=1S/C8H11NOS.ClH/c1-2-8(11-3-1)6-10-7-4-9-5-7;/h1-3,7,9H,4-6H2;1H. The van der Waals surface area contributed by atoms with Crippen LogP contribution in [0, 0.1) is 0 Å². The summed E-state index contributed by atoms with van der Waals surface area (Å²) in [4.78, 5) is 1.32. The summed E-state index contributed by atoms with van der Waals surface area (Å²) in [5, 5.41) is 5.25. The van der Waals surface area contributed by atoms with Gasteiger partial charge < -0.3 is 10.1 Å². The van der Waals surface area contributed by atoms with Crippen LogP contribution in [0.4, 0.5) is 0 Å². The molecule has 0 amide bonds. The van der Waals surface area contributed by atoms with E-state index in [9.17, 15) is 0 Å². The van der Waals surface area contributed by atoms with Crippen molar-refractivity contribution in [2.24, 2.45) is 0 Å². The highest BCUT2D eigenvalue weighted by Crippen LogP contribution is 2.11. The second kappa shape index (κ2) is 4.82. The highest BCUT2D eigenvalue weighted by Gasteiger charge is 2.16. The van der Waals surface area contributed by atoms with Crippen molar-refractivity contribution in [2.45, 2.75) is 12.7 Å². The Kier molecular flexibility index (Phi) is 4.01. The third kappa shape index (κ3) is 2.45. The normalized spacial score (nSPS) is 16.7. The van der Waals surface area contributed by atoms with Crippen LogP contribution in [0.2, 0.25) is 0 Å². The molecule has 2 nitrogen and oxygen atoms in total. The van der Waals surface area contributed by atoms with Gasteiger partial charge in [0.1, 0.15) is 0 Å². The molecule has 0 spiro atoms. The van der Waals surface area contributed by atoms with Crippen molar-refractivity contribution in [2.75, 3.05) is 13.1 Å². The van der Waals surface area contributed by atoms with Crippen molar-refractivity contribution in [1.82, 2.24) is 5.32 Å². The highest BCUT2D eigenvalue weighted by atomic mass is 35.5. The molecule has 0 bridgehead atoms. The minimum atomic E-state index is 0. The molecular formula is C8H12ClNOS. The predicted molar refractivity (Wildman–Crippen MR) is 53.0 cm³/mol. The van der Waals surface area contributed by atoms with Crippen LogP contribution in [0.15, 0.2) is 17.5 Å². The van der Waals surface area contributed by atoms with Crippen molar-refractivity contribution in [3.05, 3.63) is 22.4 Å². The molecule has 1 saturated heterocycles. The molecule has 1 fully saturated rings. The monoisotopic (exact) mass is 205 g/mol. The number of hydrogen-bond donors (Lipinski definition) is 1. The molecule has 0 saturated carbocycles. The van der Waals surface area contributed by atoms with Crippen LogP contribution in [-0.2, 0) is 11.3 Å². The van der Waals surface area contributed by atoms with Crippen LogP contribution in [0.25, 0.3) is 0 Å². The maximum Gasteiger partial charge on any atom is 0.0828 e. The van der Waals surface area contributed by atoms with Crippen molar-refractivity contribution in [3.63, 3.8) is 0 Å². The summed E-state index contributed by atoms with van der Waals surface area (Å²) in [5.41, 5.74) is 0. The molecule has 2 rings (SSSR count). The van der Waals surface area contributed by atoms with Gasteiger partial charge in [-0.15, -0.1) is 23.7 Å². The van der Waals surface area contributed by atoms with E-state index in [-0.39, 0.29) is 12.4 Å². The Labute approximate surface area is 82.3 Å². The fourth-order valence-corrected chi connectivity index (χ4v) is 1.60. The van der Waals surface area contributed by atoms with Crippen LogP contribution < -0.4 is 5.32 Å². The van der Waals surface area contributed by atoms with E-state index in [1.165, 1.54) is 4.88 Å². The maximum absolute atomic E-state index is 5.57. The van der Waals surface area contributed by atoms with Crippen molar-refractivity contribution >= 4 is 23.7 Å². The van der Waals surface area contributed by atoms with Crippen LogP contribution in [0.5, 0.6) is 0 Å². The predicted octanol–water partition coefficient (Wildman–Crippen LogP) is 1.66. The average Bonchev–Trinajstić information content (AvgIpc) is 2.36. The molecule has 1 N–H and O–H groups in total. The summed E-state index contributed by atoms with van der Waals surface area (Å²) >= 11 is 1.75. The Morgan fingerprint density at radius 3 is 2.92 bits per heavy atom. The van der Waals surface area contributed by atoms with Crippen molar-refractivity contribution in [3.8, 4) is 0 Å². The zero-order valence-corrected chi connectivity index (χ0v) is 8.29. The van der Waals surface area contributed by atoms with E-state index >= 15 is 0 Å². The van der Waals surface area contributed by atoms with Gasteiger partial charge in [-0.05, 0) is 11.4 Å². The largest absolute Gasteiger partial charge is 0.370 e. The van der Waals surface area contributed by atoms with E-state index < -0.39 is 0 Å². The smallest absolute Gasteiger partial charge is 0.0828 e. The fraction of sp³-hybridized carbons (Fsp3) is 0.500. The van der Waals surface area contributed by atoms with E-state index in [0.717, 1.165) is 19.7 Å². The number of nitrogens with one attached hydrogen (secondary N) is 1. The topological polar surface area (TPSA) is 21.3 Å². The first kappa shape index (κ1) is 9.99. The van der Waals surface area contributed by atoms with Gasteiger partial charge in [0.2, 0.25) is 0 Å². The quantitative estimate of drug-likeness (QED) is 0.811. The lowest BCUT2D eigenvalue weighted by Crippen LogP contribution is -2.48. The van der Waals surface area contributed by atoms with Gasteiger partial charge in [0, 0.05) is 18.0 Å². The van der Waals surface area contributed by atoms with Gasteiger partial charge in [-0.1, -0.05) is 6.07 Å². The van der Waals surface area contributed by atoms with Gasteiger partial charge in [-0.2, -0.15) is 0 Å². The molecule has 12 heavy (non-hydrogen) atoms. The molecule has 0 atom stereocenters. The first-order valence-corrected chi connectivity index (χ1v) is 4.68. The highest BCUT2D eigenvalue weighted by molar-refractivity contribution is 7.09. The van der Waals surface area contributed by atoms with Crippen LogP contribution in [-0.4, -0.2) is 19.2 Å². The van der Waals surface area contributed by atoms with Gasteiger partial charge in [0.25, 0.3) is 0 Å². The number of thiophene rings is 1. The lowest BCUT2D eigenvalue weighted by atomic mass is 10.2. The molecule has 1 aliphatic rings. The van der Waals surface area contributed by atoms with E-state index in [4.69, 9.17) is 4.74 Å². The number of ether oxygens (including phenoxy) is 1. The molecule has 0 unspecified atom stereocenters. The van der Waals surface area contributed by atoms with E-state index in [1.54, 1.807) is 11.3 Å². The average molecular weight is 206 g/mol. The third-order valence-corrected chi connectivity index (χ3v) is 2.64. The molecular weight excluding hydrogens is 194 g/mol. The Bertz CT molecular complexity index is 211. The van der Waals surface area contributed by atoms with E-state index in [0.29, 0.717) is 6.10 Å². The molecule has 68 valence electrons. The van der Waals surface area contributed by atoms with Gasteiger partial charge in [-0.3, -0.25) is 0 Å². The summed E-state index contributed by atoms with van der Waals surface area (Å²) in [6, 6.07) is 4.17. The second-order valence-corrected chi connectivity index (χ2v) is 3.70. The summed E-state index contributed by atoms with van der Waals surface area (Å²) in [6.45, 7) is 2.82. The Hall–Kier alpha value is -0.0900. The Balaban J connectivity index is 0.000000720. The van der Waals surface area contributed by atoms with E-state index in [1.807, 2.05) is 0 Å². The SMILES string of the molecule is Cl.c1csc(COC2CNC2)c1. The molecule has 0 aliphatic carbocycles. The molecule has 2 heterocycles. The van der Waals surface area contributed by atoms with E-state index in [2.05, 4.69) is 22.8 Å². The zero-order valence-electron chi connectivity index (χ0n) is 6.66. The van der Waals surface area contributed by atoms with Gasteiger partial charge in [0.15, 0.2) is 0 Å². The fourth-order valence-electron chi connectivity index (χ4n) is 0.975. The van der Waals surface area contributed by atoms with Gasteiger partial charge in [0.05, 0.1) is 12.7 Å². The van der Waals surface area contributed by atoms with Crippen LogP contribution in [0.1, 0.15) is 4.88 Å². The third-order valence-electron chi connectivity index (χ3n) is 1.79. The summed E-state index contributed by atoms with van der Waals surface area (Å²) in [6.07, 6.45) is 0.456. The number of rotatable bonds is 3. The van der Waals surface area contributed by atoms with Crippen molar-refractivity contribution in [1.29, 1.82) is 0 Å². The summed E-state index contributed by atoms with van der Waals surface area (Å²) in [7, 11) is 0. The molecule has 1 aromatic heterocycles. The second-order valence-electron chi connectivity index (χ2n) is 2.67. The Morgan fingerprint density at radius 1 is 1.58 bits per heavy atom. The van der Waals surface area contributed by atoms with Crippen molar-refractivity contribution < 1.29 is 4.74 Å². The minimum Gasteiger partial charge on any atom is -0.370 e. The minimum absolute atomic E-state index is 0. The molecule has 0 radical (unpaired) electrons. The number of hydrogen-bond acceptors (Lipinski definition) is 3. The zero-order chi connectivity index (χ0) is 7.52. The van der Waals surface area contributed by atoms with Gasteiger partial charge >= 0.3 is 0 Å². The first-order valence-electron chi connectivity index (χ1n) is 3.80. The van der Waals surface area contributed by atoms with Gasteiger partial charge in [-0.25, -0.2) is 0 Å². The molecule has 0 aromatic carbocycles.